The Labute approximate surface area is 78.3 Å². The molecule has 0 unspecified atom stereocenters. The largest absolute Gasteiger partial charge is 0.436 e. The summed E-state index contributed by atoms with van der Waals surface area (Å²) in [4.78, 5) is 10.0. The smallest absolute Gasteiger partial charge is 0.324 e. The minimum atomic E-state index is -2.29. The fourth-order valence-electron chi connectivity index (χ4n) is 0.981. The zero-order chi connectivity index (χ0) is 9.83. The van der Waals surface area contributed by atoms with Crippen molar-refractivity contribution >= 4 is 16.9 Å². The highest BCUT2D eigenvalue weighted by atomic mass is 28.4. The number of rotatable bonds is 5. The summed E-state index contributed by atoms with van der Waals surface area (Å²) in [6, 6.07) is 2.72. The van der Waals surface area contributed by atoms with Gasteiger partial charge in [0.2, 0.25) is 0 Å². The van der Waals surface area contributed by atoms with Gasteiger partial charge in [-0.15, -0.1) is 0 Å². The molecule has 0 bridgehead atoms. The van der Waals surface area contributed by atoms with E-state index >= 15 is 0 Å². The van der Waals surface area contributed by atoms with Crippen molar-refractivity contribution in [3.8, 4) is 0 Å². The molecule has 0 aromatic carbocycles. The first-order valence-corrected chi connectivity index (χ1v) is 10.2. The maximum absolute atomic E-state index is 10.0. The van der Waals surface area contributed by atoms with Crippen molar-refractivity contribution in [2.45, 2.75) is 52.0 Å². The molecule has 4 heteroatoms. The standard InChI is InChI=1S/C8H22O2Si2/c1-6-11(4,5)10-12(9,7-2)8-3/h9H,6-8H2,1-5H3. The van der Waals surface area contributed by atoms with Crippen LogP contribution in [0.4, 0.5) is 0 Å². The molecule has 0 aromatic heterocycles. The van der Waals surface area contributed by atoms with E-state index in [9.17, 15) is 4.80 Å². The fraction of sp³-hybridized carbons (Fsp3) is 1.00. The average Bonchev–Trinajstić information content (AvgIpc) is 2.04. The molecule has 0 atom stereocenters. The van der Waals surface area contributed by atoms with Gasteiger partial charge in [-0.1, -0.05) is 20.8 Å². The van der Waals surface area contributed by atoms with Crippen LogP contribution in [0.15, 0.2) is 0 Å². The normalized spacial score (nSPS) is 13.5. The molecule has 0 heterocycles. The van der Waals surface area contributed by atoms with Crippen molar-refractivity contribution in [2.24, 2.45) is 0 Å². The molecule has 0 aliphatic rings. The molecule has 74 valence electrons. The Morgan fingerprint density at radius 1 is 1.00 bits per heavy atom. The molecule has 0 aliphatic carbocycles. The second kappa shape index (κ2) is 4.55. The van der Waals surface area contributed by atoms with Crippen LogP contribution in [0, 0.1) is 0 Å². The van der Waals surface area contributed by atoms with E-state index in [1.54, 1.807) is 0 Å². The van der Waals surface area contributed by atoms with Crippen molar-refractivity contribution in [3.63, 3.8) is 0 Å². The first kappa shape index (κ1) is 12.4. The molecule has 2 nitrogen and oxygen atoms in total. The van der Waals surface area contributed by atoms with Crippen LogP contribution >= 0.6 is 0 Å². The lowest BCUT2D eigenvalue weighted by Crippen LogP contribution is -2.47. The van der Waals surface area contributed by atoms with Gasteiger partial charge in [-0.3, -0.25) is 0 Å². The van der Waals surface area contributed by atoms with E-state index in [1.165, 1.54) is 0 Å². The predicted octanol–water partition coefficient (Wildman–Crippen LogP) is 2.70. The van der Waals surface area contributed by atoms with Gasteiger partial charge in [0.15, 0.2) is 8.32 Å². The quantitative estimate of drug-likeness (QED) is 0.701. The second-order valence-corrected chi connectivity index (χ2v) is 12.2. The van der Waals surface area contributed by atoms with Gasteiger partial charge in [-0.25, -0.2) is 0 Å². The van der Waals surface area contributed by atoms with E-state index in [4.69, 9.17) is 4.12 Å². The van der Waals surface area contributed by atoms with Crippen LogP contribution in [0.2, 0.25) is 31.2 Å². The van der Waals surface area contributed by atoms with Crippen molar-refractivity contribution < 1.29 is 8.91 Å². The summed E-state index contributed by atoms with van der Waals surface area (Å²) in [5.41, 5.74) is 0. The minimum absolute atomic E-state index is 0.819. The van der Waals surface area contributed by atoms with Gasteiger partial charge in [0.1, 0.15) is 0 Å². The lowest BCUT2D eigenvalue weighted by Gasteiger charge is -2.32. The third-order valence-corrected chi connectivity index (χ3v) is 10.1. The third-order valence-electron chi connectivity index (χ3n) is 2.42. The van der Waals surface area contributed by atoms with Crippen LogP contribution in [0.5, 0.6) is 0 Å². The van der Waals surface area contributed by atoms with Crippen molar-refractivity contribution in [3.05, 3.63) is 0 Å². The minimum Gasteiger partial charge on any atom is -0.436 e. The molecule has 0 saturated heterocycles. The molecule has 0 saturated carbocycles. The van der Waals surface area contributed by atoms with E-state index in [0.717, 1.165) is 18.1 Å². The zero-order valence-corrected chi connectivity index (χ0v) is 11.0. The maximum atomic E-state index is 10.0. The summed E-state index contributed by atoms with van der Waals surface area (Å²) < 4.78 is 5.91. The lowest BCUT2D eigenvalue weighted by atomic mass is 10.9. The molecule has 0 amide bonds. The van der Waals surface area contributed by atoms with Gasteiger partial charge >= 0.3 is 8.56 Å². The van der Waals surface area contributed by atoms with Gasteiger partial charge in [-0.05, 0) is 31.2 Å². The first-order chi connectivity index (χ1) is 5.39. The monoisotopic (exact) mass is 206 g/mol. The van der Waals surface area contributed by atoms with Crippen molar-refractivity contribution in [1.82, 2.24) is 0 Å². The van der Waals surface area contributed by atoms with Crippen LogP contribution in [0.25, 0.3) is 0 Å². The van der Waals surface area contributed by atoms with Gasteiger partial charge in [0.25, 0.3) is 0 Å². The van der Waals surface area contributed by atoms with Crippen LogP contribution in [-0.4, -0.2) is 21.7 Å². The molecule has 0 aromatic rings. The van der Waals surface area contributed by atoms with E-state index in [0.29, 0.717) is 0 Å². The zero-order valence-electron chi connectivity index (χ0n) is 8.98. The van der Waals surface area contributed by atoms with Crippen LogP contribution in [-0.2, 0) is 4.12 Å². The van der Waals surface area contributed by atoms with Crippen LogP contribution < -0.4 is 0 Å². The van der Waals surface area contributed by atoms with Gasteiger partial charge in [0, 0.05) is 0 Å². The summed E-state index contributed by atoms with van der Waals surface area (Å²) in [5, 5.41) is 0. The van der Waals surface area contributed by atoms with Crippen molar-refractivity contribution in [1.29, 1.82) is 0 Å². The Kier molecular flexibility index (Phi) is 4.69. The highest BCUT2D eigenvalue weighted by molar-refractivity contribution is 6.82. The van der Waals surface area contributed by atoms with E-state index in [2.05, 4.69) is 20.0 Å². The lowest BCUT2D eigenvalue weighted by molar-refractivity contribution is 0.367. The Hall–Kier alpha value is 0.354. The highest BCUT2D eigenvalue weighted by Crippen LogP contribution is 2.21. The molecular weight excluding hydrogens is 184 g/mol. The number of hydrogen-bond donors (Lipinski definition) is 1. The Morgan fingerprint density at radius 3 is 1.67 bits per heavy atom. The highest BCUT2D eigenvalue weighted by Gasteiger charge is 2.35. The Morgan fingerprint density at radius 2 is 1.42 bits per heavy atom. The molecule has 0 fully saturated rings. The Bertz CT molecular complexity index is 133. The topological polar surface area (TPSA) is 29.5 Å². The van der Waals surface area contributed by atoms with Gasteiger partial charge in [-0.2, -0.15) is 0 Å². The van der Waals surface area contributed by atoms with Gasteiger partial charge < -0.3 is 8.91 Å². The Balaban J connectivity index is 4.20. The summed E-state index contributed by atoms with van der Waals surface area (Å²) in [6.45, 7) is 10.5. The molecular formula is C8H22O2Si2. The molecule has 12 heavy (non-hydrogen) atoms. The second-order valence-electron chi connectivity index (χ2n) is 3.87. The van der Waals surface area contributed by atoms with Crippen LogP contribution in [0.1, 0.15) is 20.8 Å². The summed E-state index contributed by atoms with van der Waals surface area (Å²) in [7, 11) is -3.83. The number of hydrogen-bond acceptors (Lipinski definition) is 2. The summed E-state index contributed by atoms with van der Waals surface area (Å²) in [5.74, 6) is 0. The van der Waals surface area contributed by atoms with Crippen molar-refractivity contribution in [2.75, 3.05) is 0 Å². The van der Waals surface area contributed by atoms with Crippen LogP contribution in [0.3, 0.4) is 0 Å². The maximum Gasteiger partial charge on any atom is 0.324 e. The fourth-order valence-corrected chi connectivity index (χ4v) is 7.33. The summed E-state index contributed by atoms with van der Waals surface area (Å²) in [6.07, 6.45) is 0. The average molecular weight is 206 g/mol. The molecule has 0 rings (SSSR count). The molecule has 0 radical (unpaired) electrons. The first-order valence-electron chi connectivity index (χ1n) is 4.81. The molecule has 0 spiro atoms. The van der Waals surface area contributed by atoms with E-state index in [1.807, 2.05) is 13.8 Å². The third kappa shape index (κ3) is 3.84. The van der Waals surface area contributed by atoms with Gasteiger partial charge in [0.05, 0.1) is 0 Å². The summed E-state index contributed by atoms with van der Waals surface area (Å²) >= 11 is 0. The predicted molar refractivity (Wildman–Crippen MR) is 58.0 cm³/mol. The molecule has 0 aliphatic heterocycles. The molecule has 1 N–H and O–H groups in total. The van der Waals surface area contributed by atoms with E-state index in [-0.39, 0.29) is 0 Å². The SMILES string of the molecule is CC[Si](C)(C)O[Si](O)(CC)CC. The van der Waals surface area contributed by atoms with E-state index < -0.39 is 16.9 Å².